The summed E-state index contributed by atoms with van der Waals surface area (Å²) in [6.07, 6.45) is 0.233. The van der Waals surface area contributed by atoms with E-state index in [0.717, 1.165) is 11.1 Å². The van der Waals surface area contributed by atoms with Gasteiger partial charge in [0.15, 0.2) is 0 Å². The molecule has 0 N–H and O–H groups in total. The van der Waals surface area contributed by atoms with E-state index in [9.17, 15) is 4.79 Å². The molecule has 1 heterocycles. The van der Waals surface area contributed by atoms with E-state index in [-0.39, 0.29) is 22.1 Å². The van der Waals surface area contributed by atoms with Gasteiger partial charge in [-0.15, -0.1) is 0 Å². The molecule has 0 radical (unpaired) electrons. The molecule has 0 aliphatic carbocycles. The number of carbonyl (C=O) groups is 1. The van der Waals surface area contributed by atoms with Crippen molar-refractivity contribution in [3.8, 4) is 0 Å². The summed E-state index contributed by atoms with van der Waals surface area (Å²) < 4.78 is 16.9. The normalized spacial score (nSPS) is 23.2. The van der Waals surface area contributed by atoms with E-state index in [2.05, 4.69) is 22.6 Å². The summed E-state index contributed by atoms with van der Waals surface area (Å²) in [5.74, 6) is -0.224. The first-order chi connectivity index (χ1) is 12.2. The number of alkyl halides is 1. The number of cyclic esters (lactones) is 1. The number of esters is 1. The average Bonchev–Trinajstić information content (AvgIpc) is 2.65. The number of carbonyl (C=O) groups excluding carboxylic acids is 1. The van der Waals surface area contributed by atoms with Crippen molar-refractivity contribution >= 4 is 28.6 Å². The van der Waals surface area contributed by atoms with Gasteiger partial charge in [0, 0.05) is 6.42 Å². The fourth-order valence-electron chi connectivity index (χ4n) is 2.72. The van der Waals surface area contributed by atoms with Gasteiger partial charge >= 0.3 is 5.97 Å². The lowest BCUT2D eigenvalue weighted by atomic mass is 10.1. The molecule has 132 valence electrons. The minimum Gasteiger partial charge on any atom is -0.459 e. The lowest BCUT2D eigenvalue weighted by Gasteiger charge is -2.32. The second-order valence-corrected chi connectivity index (χ2v) is 7.37. The molecular weight excluding hydrogens is 431 g/mol. The van der Waals surface area contributed by atoms with Crippen molar-refractivity contribution in [1.29, 1.82) is 0 Å². The van der Waals surface area contributed by atoms with Crippen LogP contribution in [0.2, 0.25) is 0 Å². The number of rotatable bonds is 7. The van der Waals surface area contributed by atoms with Crippen molar-refractivity contribution in [2.45, 2.75) is 35.8 Å². The van der Waals surface area contributed by atoms with Crippen molar-refractivity contribution in [2.75, 3.05) is 6.61 Å². The number of halogens is 1. The molecule has 2 aromatic rings. The first-order valence-corrected chi connectivity index (χ1v) is 9.58. The van der Waals surface area contributed by atoms with Crippen LogP contribution in [0.25, 0.3) is 0 Å². The number of hydrogen-bond acceptors (Lipinski definition) is 4. The Balaban J connectivity index is 1.49. The highest BCUT2D eigenvalue weighted by Gasteiger charge is 2.37. The van der Waals surface area contributed by atoms with Crippen molar-refractivity contribution in [2.24, 2.45) is 0 Å². The van der Waals surface area contributed by atoms with Crippen LogP contribution in [0.4, 0.5) is 0 Å². The third-order valence-electron chi connectivity index (χ3n) is 4.05. The van der Waals surface area contributed by atoms with Gasteiger partial charge in [0.05, 0.1) is 25.9 Å². The van der Waals surface area contributed by atoms with Crippen LogP contribution in [0.3, 0.4) is 0 Å². The quantitative estimate of drug-likeness (QED) is 0.363. The molecule has 1 saturated heterocycles. The highest BCUT2D eigenvalue weighted by atomic mass is 127. The standard InChI is InChI=1S/C20H21IO4/c21-19-18(24-13-16-9-5-2-6-10-16)11-17(25-20(19)22)14-23-12-15-7-3-1-4-8-15/h1-10,17-19H,11-14H2/t17-,18-,19?/m0/s1. The summed E-state index contributed by atoms with van der Waals surface area (Å²) in [4.78, 5) is 12.1. The summed E-state index contributed by atoms with van der Waals surface area (Å²) in [5, 5.41) is 0. The molecule has 1 unspecified atom stereocenters. The molecule has 3 atom stereocenters. The van der Waals surface area contributed by atoms with Crippen LogP contribution in [0, 0.1) is 0 Å². The third-order valence-corrected chi connectivity index (χ3v) is 5.36. The molecule has 0 saturated carbocycles. The minimum absolute atomic E-state index is 0.160. The van der Waals surface area contributed by atoms with Crippen LogP contribution in [0.15, 0.2) is 60.7 Å². The molecule has 25 heavy (non-hydrogen) atoms. The lowest BCUT2D eigenvalue weighted by Crippen LogP contribution is -2.44. The number of hydrogen-bond donors (Lipinski definition) is 0. The van der Waals surface area contributed by atoms with Gasteiger partial charge < -0.3 is 14.2 Å². The van der Waals surface area contributed by atoms with E-state index in [1.165, 1.54) is 0 Å². The van der Waals surface area contributed by atoms with E-state index >= 15 is 0 Å². The molecule has 4 nitrogen and oxygen atoms in total. The van der Waals surface area contributed by atoms with E-state index in [1.807, 2.05) is 60.7 Å². The van der Waals surface area contributed by atoms with E-state index < -0.39 is 0 Å². The van der Waals surface area contributed by atoms with Gasteiger partial charge in [-0.2, -0.15) is 0 Å². The number of benzene rings is 2. The Morgan fingerprint density at radius 2 is 1.56 bits per heavy atom. The zero-order chi connectivity index (χ0) is 17.5. The van der Waals surface area contributed by atoms with Crippen LogP contribution in [0.5, 0.6) is 0 Å². The molecule has 5 heteroatoms. The molecule has 2 aromatic carbocycles. The molecule has 1 fully saturated rings. The fourth-order valence-corrected chi connectivity index (χ4v) is 3.37. The second-order valence-electron chi connectivity index (χ2n) is 6.03. The Bertz CT molecular complexity index is 662. The van der Waals surface area contributed by atoms with Crippen LogP contribution in [0.1, 0.15) is 17.5 Å². The molecule has 0 bridgehead atoms. The Morgan fingerprint density at radius 1 is 0.960 bits per heavy atom. The highest BCUT2D eigenvalue weighted by Crippen LogP contribution is 2.26. The molecule has 0 spiro atoms. The van der Waals surface area contributed by atoms with Crippen LogP contribution < -0.4 is 0 Å². The summed E-state index contributed by atoms with van der Waals surface area (Å²) in [5.41, 5.74) is 2.20. The van der Waals surface area contributed by atoms with Gasteiger partial charge in [0.2, 0.25) is 0 Å². The van der Waals surface area contributed by atoms with Gasteiger partial charge in [-0.05, 0) is 11.1 Å². The first kappa shape index (κ1) is 18.4. The summed E-state index contributed by atoms with van der Waals surface area (Å²) in [6, 6.07) is 19.9. The van der Waals surface area contributed by atoms with Crippen molar-refractivity contribution < 1.29 is 19.0 Å². The lowest BCUT2D eigenvalue weighted by molar-refractivity contribution is -0.166. The van der Waals surface area contributed by atoms with Gasteiger partial charge in [-0.3, -0.25) is 4.79 Å². The first-order valence-electron chi connectivity index (χ1n) is 8.34. The summed E-state index contributed by atoms with van der Waals surface area (Å²) >= 11 is 2.10. The predicted molar refractivity (Wildman–Crippen MR) is 103 cm³/mol. The smallest absolute Gasteiger partial charge is 0.321 e. The van der Waals surface area contributed by atoms with E-state index in [1.54, 1.807) is 0 Å². The zero-order valence-electron chi connectivity index (χ0n) is 13.8. The van der Waals surface area contributed by atoms with Gasteiger partial charge in [-0.1, -0.05) is 83.3 Å². The van der Waals surface area contributed by atoms with Crippen LogP contribution in [-0.4, -0.2) is 28.7 Å². The Morgan fingerprint density at radius 3 is 2.20 bits per heavy atom. The molecular formula is C20H21IO4. The van der Waals surface area contributed by atoms with E-state index in [4.69, 9.17) is 14.2 Å². The third kappa shape index (κ3) is 5.52. The zero-order valence-corrected chi connectivity index (χ0v) is 16.0. The minimum atomic E-state index is -0.285. The van der Waals surface area contributed by atoms with Gasteiger partial charge in [-0.25, -0.2) is 0 Å². The predicted octanol–water partition coefficient (Wildman–Crippen LogP) is 3.91. The number of ether oxygens (including phenoxy) is 3. The fraction of sp³-hybridized carbons (Fsp3) is 0.350. The van der Waals surface area contributed by atoms with Crippen molar-refractivity contribution in [3.63, 3.8) is 0 Å². The topological polar surface area (TPSA) is 44.8 Å². The maximum Gasteiger partial charge on any atom is 0.321 e. The highest BCUT2D eigenvalue weighted by molar-refractivity contribution is 14.1. The van der Waals surface area contributed by atoms with Crippen molar-refractivity contribution in [1.82, 2.24) is 0 Å². The van der Waals surface area contributed by atoms with Crippen molar-refractivity contribution in [3.05, 3.63) is 71.8 Å². The van der Waals surface area contributed by atoms with Crippen LogP contribution in [-0.2, 0) is 32.2 Å². The average molecular weight is 452 g/mol. The molecule has 0 aromatic heterocycles. The van der Waals surface area contributed by atoms with Crippen LogP contribution >= 0.6 is 22.6 Å². The Kier molecular flexibility index (Phi) is 6.84. The Hall–Kier alpha value is -1.44. The SMILES string of the molecule is O=C1O[C@H](COCc2ccccc2)C[C@H](OCc2ccccc2)C1I. The summed E-state index contributed by atoms with van der Waals surface area (Å²) in [6.45, 7) is 1.39. The maximum atomic E-state index is 12.1. The molecule has 0 amide bonds. The van der Waals surface area contributed by atoms with Gasteiger partial charge in [0.1, 0.15) is 10.0 Å². The molecule has 3 rings (SSSR count). The summed E-state index contributed by atoms with van der Waals surface area (Å²) in [7, 11) is 0. The molecule has 1 aliphatic heterocycles. The van der Waals surface area contributed by atoms with E-state index in [0.29, 0.717) is 26.2 Å². The second kappa shape index (κ2) is 9.31. The Labute approximate surface area is 161 Å². The monoisotopic (exact) mass is 452 g/mol. The largest absolute Gasteiger partial charge is 0.459 e. The van der Waals surface area contributed by atoms with Gasteiger partial charge in [0.25, 0.3) is 0 Å². The maximum absolute atomic E-state index is 12.1. The molecule has 1 aliphatic rings.